The molecule has 0 atom stereocenters. The zero-order chi connectivity index (χ0) is 13.7. The molecule has 0 unspecified atom stereocenters. The van der Waals surface area contributed by atoms with E-state index in [0.717, 1.165) is 16.6 Å². The topological polar surface area (TPSA) is 28.2 Å². The SMILES string of the molecule is Cc1c(-c2ccccc2)c2cc(C#N)c3cccc1n32. The Kier molecular flexibility index (Phi) is 2.13. The molecule has 94 valence electrons. The molecule has 4 rings (SSSR count). The molecule has 0 fully saturated rings. The molecule has 0 aliphatic rings. The van der Waals surface area contributed by atoms with Crippen molar-refractivity contribution in [3.05, 3.63) is 65.7 Å². The van der Waals surface area contributed by atoms with E-state index in [2.05, 4.69) is 47.7 Å². The molecule has 0 aliphatic carbocycles. The van der Waals surface area contributed by atoms with Crippen LogP contribution in [0.25, 0.3) is 27.7 Å². The maximum Gasteiger partial charge on any atom is 0.101 e. The molecule has 4 aromatic rings. The van der Waals surface area contributed by atoms with E-state index in [0.29, 0.717) is 0 Å². The Balaban J connectivity index is 2.23. The van der Waals surface area contributed by atoms with Crippen molar-refractivity contribution >= 4 is 16.6 Å². The van der Waals surface area contributed by atoms with Gasteiger partial charge in [-0.1, -0.05) is 36.4 Å². The normalized spacial score (nSPS) is 11.2. The van der Waals surface area contributed by atoms with Crippen LogP contribution in [0.3, 0.4) is 0 Å². The monoisotopic (exact) mass is 256 g/mol. The molecular weight excluding hydrogens is 244 g/mol. The lowest BCUT2D eigenvalue weighted by molar-refractivity contribution is 1.33. The van der Waals surface area contributed by atoms with Crippen molar-refractivity contribution in [2.45, 2.75) is 6.92 Å². The second-order valence-electron chi connectivity index (χ2n) is 5.05. The van der Waals surface area contributed by atoms with Gasteiger partial charge in [-0.25, -0.2) is 0 Å². The van der Waals surface area contributed by atoms with Gasteiger partial charge in [-0.2, -0.15) is 5.26 Å². The van der Waals surface area contributed by atoms with Gasteiger partial charge in [0.15, 0.2) is 0 Å². The summed E-state index contributed by atoms with van der Waals surface area (Å²) in [5.41, 5.74) is 7.72. The molecule has 3 aromatic heterocycles. The van der Waals surface area contributed by atoms with Crippen molar-refractivity contribution in [3.8, 4) is 17.2 Å². The molecule has 0 amide bonds. The summed E-state index contributed by atoms with van der Waals surface area (Å²) in [6.45, 7) is 2.15. The van der Waals surface area contributed by atoms with Crippen LogP contribution in [0.15, 0.2) is 54.6 Å². The standard InChI is InChI=1S/C18H12N2/c1-12-15-8-5-9-16-14(11-19)10-17(20(15)16)18(12)13-6-3-2-4-7-13/h2-10H,1H3. The van der Waals surface area contributed by atoms with Crippen molar-refractivity contribution in [3.63, 3.8) is 0 Å². The quantitative estimate of drug-likeness (QED) is 0.497. The summed E-state index contributed by atoms with van der Waals surface area (Å²) in [6.07, 6.45) is 0. The smallest absolute Gasteiger partial charge is 0.101 e. The highest BCUT2D eigenvalue weighted by Gasteiger charge is 2.18. The zero-order valence-corrected chi connectivity index (χ0v) is 11.1. The fraction of sp³-hybridized carbons (Fsp3) is 0.0556. The summed E-state index contributed by atoms with van der Waals surface area (Å²) in [7, 11) is 0. The summed E-state index contributed by atoms with van der Waals surface area (Å²) in [5.74, 6) is 0. The Morgan fingerprint density at radius 1 is 0.900 bits per heavy atom. The van der Waals surface area contributed by atoms with Gasteiger partial charge in [0.1, 0.15) is 6.07 Å². The second kappa shape index (κ2) is 3.85. The number of aromatic nitrogens is 1. The van der Waals surface area contributed by atoms with Crippen LogP contribution >= 0.6 is 0 Å². The van der Waals surface area contributed by atoms with Crippen LogP contribution in [0, 0.1) is 18.3 Å². The van der Waals surface area contributed by atoms with Gasteiger partial charge in [0.2, 0.25) is 0 Å². The first-order chi connectivity index (χ1) is 9.81. The van der Waals surface area contributed by atoms with Gasteiger partial charge in [-0.05, 0) is 36.2 Å². The van der Waals surface area contributed by atoms with Crippen LogP contribution in [-0.2, 0) is 0 Å². The van der Waals surface area contributed by atoms with E-state index in [-0.39, 0.29) is 0 Å². The van der Waals surface area contributed by atoms with Crippen LogP contribution in [0.5, 0.6) is 0 Å². The maximum absolute atomic E-state index is 9.31. The number of nitriles is 1. The highest BCUT2D eigenvalue weighted by atomic mass is 14.9. The second-order valence-corrected chi connectivity index (χ2v) is 5.05. The number of nitrogens with zero attached hydrogens (tertiary/aromatic N) is 2. The van der Waals surface area contributed by atoms with Gasteiger partial charge in [0.05, 0.1) is 16.6 Å². The summed E-state index contributed by atoms with van der Waals surface area (Å²) < 4.78 is 2.19. The molecule has 2 nitrogen and oxygen atoms in total. The Hall–Kier alpha value is -2.79. The first-order valence-electron chi connectivity index (χ1n) is 6.63. The number of benzene rings is 1. The van der Waals surface area contributed by atoms with E-state index in [1.54, 1.807) is 0 Å². The third-order valence-electron chi connectivity index (χ3n) is 3.99. The Morgan fingerprint density at radius 2 is 1.65 bits per heavy atom. The molecule has 0 saturated heterocycles. The number of pyridine rings is 1. The van der Waals surface area contributed by atoms with E-state index in [9.17, 15) is 5.26 Å². The Bertz CT molecular complexity index is 956. The van der Waals surface area contributed by atoms with Gasteiger partial charge >= 0.3 is 0 Å². The highest BCUT2D eigenvalue weighted by Crippen LogP contribution is 2.37. The Morgan fingerprint density at radius 3 is 2.40 bits per heavy atom. The van der Waals surface area contributed by atoms with Crippen molar-refractivity contribution < 1.29 is 0 Å². The average molecular weight is 256 g/mol. The minimum absolute atomic E-state index is 0.739. The van der Waals surface area contributed by atoms with Crippen LogP contribution in [0.2, 0.25) is 0 Å². The highest BCUT2D eigenvalue weighted by molar-refractivity contribution is 5.96. The summed E-state index contributed by atoms with van der Waals surface area (Å²) in [4.78, 5) is 0. The maximum atomic E-state index is 9.31. The van der Waals surface area contributed by atoms with Crippen LogP contribution in [0.4, 0.5) is 0 Å². The molecular formula is C18H12N2. The number of aryl methyl sites for hydroxylation is 1. The van der Waals surface area contributed by atoms with Crippen LogP contribution in [-0.4, -0.2) is 4.40 Å². The van der Waals surface area contributed by atoms with Crippen molar-refractivity contribution in [1.82, 2.24) is 4.40 Å². The molecule has 2 heteroatoms. The fourth-order valence-corrected chi connectivity index (χ4v) is 3.11. The molecule has 0 radical (unpaired) electrons. The number of hydrogen-bond acceptors (Lipinski definition) is 1. The van der Waals surface area contributed by atoms with Gasteiger partial charge in [-0.3, -0.25) is 0 Å². The van der Waals surface area contributed by atoms with Crippen LogP contribution in [0.1, 0.15) is 11.1 Å². The Labute approximate surface area is 116 Å². The third-order valence-corrected chi connectivity index (χ3v) is 3.99. The van der Waals surface area contributed by atoms with Gasteiger partial charge < -0.3 is 4.40 Å². The van der Waals surface area contributed by atoms with Gasteiger partial charge in [0, 0.05) is 11.1 Å². The molecule has 0 spiro atoms. The summed E-state index contributed by atoms with van der Waals surface area (Å²) >= 11 is 0. The van der Waals surface area contributed by atoms with E-state index in [1.807, 2.05) is 24.3 Å². The first kappa shape index (κ1) is 11.1. The van der Waals surface area contributed by atoms with Crippen LogP contribution < -0.4 is 0 Å². The predicted octanol–water partition coefficient (Wildman–Crippen LogP) is 4.38. The molecule has 0 aliphatic heterocycles. The molecule has 3 heterocycles. The first-order valence-corrected chi connectivity index (χ1v) is 6.63. The van der Waals surface area contributed by atoms with E-state index in [1.165, 1.54) is 22.2 Å². The molecule has 1 aromatic carbocycles. The minimum Gasteiger partial charge on any atom is -0.308 e. The number of rotatable bonds is 1. The van der Waals surface area contributed by atoms with Gasteiger partial charge in [-0.15, -0.1) is 0 Å². The van der Waals surface area contributed by atoms with E-state index in [4.69, 9.17) is 0 Å². The summed E-state index contributed by atoms with van der Waals surface area (Å²) in [5, 5.41) is 9.31. The average Bonchev–Trinajstić information content (AvgIpc) is 3.00. The predicted molar refractivity (Wildman–Crippen MR) is 81.0 cm³/mol. The van der Waals surface area contributed by atoms with Crippen molar-refractivity contribution in [1.29, 1.82) is 5.26 Å². The lowest BCUT2D eigenvalue weighted by Gasteiger charge is -2.00. The zero-order valence-electron chi connectivity index (χ0n) is 11.1. The van der Waals surface area contributed by atoms with Crippen molar-refractivity contribution in [2.24, 2.45) is 0 Å². The lowest BCUT2D eigenvalue weighted by Crippen LogP contribution is -1.82. The van der Waals surface area contributed by atoms with E-state index < -0.39 is 0 Å². The largest absolute Gasteiger partial charge is 0.308 e. The third kappa shape index (κ3) is 1.27. The number of hydrogen-bond donors (Lipinski definition) is 0. The molecule has 20 heavy (non-hydrogen) atoms. The lowest BCUT2D eigenvalue weighted by atomic mass is 10.0. The fourth-order valence-electron chi connectivity index (χ4n) is 3.11. The molecule has 0 N–H and O–H groups in total. The summed E-state index contributed by atoms with van der Waals surface area (Å²) in [6, 6.07) is 20.8. The van der Waals surface area contributed by atoms with Gasteiger partial charge in [0.25, 0.3) is 0 Å². The molecule has 0 bridgehead atoms. The molecule has 0 saturated carbocycles. The van der Waals surface area contributed by atoms with Crippen molar-refractivity contribution in [2.75, 3.05) is 0 Å². The van der Waals surface area contributed by atoms with E-state index >= 15 is 0 Å². The minimum atomic E-state index is 0.739.